The Hall–Kier alpha value is -1.92. The molecule has 0 N–H and O–H groups in total. The van der Waals surface area contributed by atoms with Crippen molar-refractivity contribution in [2.45, 2.75) is 31.6 Å². The molecule has 25 heavy (non-hydrogen) atoms. The van der Waals surface area contributed by atoms with Crippen molar-refractivity contribution in [1.82, 2.24) is 9.47 Å². The van der Waals surface area contributed by atoms with Gasteiger partial charge >= 0.3 is 0 Å². The number of carbonyl (C=O) groups is 1. The van der Waals surface area contributed by atoms with Crippen LogP contribution < -0.4 is 0 Å². The molecule has 0 saturated carbocycles. The van der Waals surface area contributed by atoms with Gasteiger partial charge in [0.05, 0.1) is 11.4 Å². The molecule has 1 aliphatic heterocycles. The first-order valence-electron chi connectivity index (χ1n) is 8.52. The third-order valence-corrected chi connectivity index (χ3v) is 5.95. The Bertz CT molecular complexity index is 889. The zero-order chi connectivity index (χ0) is 18.2. The molecule has 1 aliphatic rings. The van der Waals surface area contributed by atoms with Crippen LogP contribution in [0.15, 0.2) is 35.2 Å². The smallest absolute Gasteiger partial charge is 0.178 e. The lowest BCUT2D eigenvalue weighted by molar-refractivity contribution is 0.0944. The van der Waals surface area contributed by atoms with E-state index in [0.717, 1.165) is 35.7 Å². The Morgan fingerprint density at radius 2 is 1.68 bits per heavy atom. The predicted octanol–water partition coefficient (Wildman–Crippen LogP) is 2.78. The zero-order valence-corrected chi connectivity index (χ0v) is 15.8. The number of hydrogen-bond donors (Lipinski definition) is 0. The number of rotatable bonds is 5. The lowest BCUT2D eigenvalue weighted by atomic mass is 10.1. The summed E-state index contributed by atoms with van der Waals surface area (Å²) in [4.78, 5) is 15.2. The number of Topliss-reactive ketones (excluding diaryl/α,β-unsaturated/α-hetero) is 1. The van der Waals surface area contributed by atoms with Crippen LogP contribution in [0.5, 0.6) is 0 Å². The average Bonchev–Trinajstić information content (AvgIpc) is 3.14. The van der Waals surface area contributed by atoms with Crippen LogP contribution in [-0.4, -0.2) is 49.6 Å². The number of aryl methyl sites for hydroxylation is 1. The molecule has 3 rings (SSSR count). The molecular formula is C19H24N2O3S. The molecule has 6 heteroatoms. The molecule has 0 unspecified atom stereocenters. The molecule has 1 saturated heterocycles. The number of sulfone groups is 1. The normalized spacial score (nSPS) is 15.6. The Kier molecular flexibility index (Phi) is 4.84. The maximum absolute atomic E-state index is 12.7. The van der Waals surface area contributed by atoms with Crippen LogP contribution >= 0.6 is 0 Å². The fourth-order valence-electron chi connectivity index (χ4n) is 3.51. The first-order chi connectivity index (χ1) is 11.8. The summed E-state index contributed by atoms with van der Waals surface area (Å²) in [5, 5.41) is 0. The van der Waals surface area contributed by atoms with Crippen LogP contribution in [0.3, 0.4) is 0 Å². The molecule has 2 heterocycles. The standard InChI is InChI=1S/C19H24N2O3S/c1-14-12-18(19(22)13-20-10-4-5-11-20)15(2)21(14)16-6-8-17(9-7-16)25(3,23)24/h6-9,12H,4-5,10-11,13H2,1-3H3. The third kappa shape index (κ3) is 3.70. The fourth-order valence-corrected chi connectivity index (χ4v) is 4.14. The van der Waals surface area contributed by atoms with Crippen molar-refractivity contribution in [3.63, 3.8) is 0 Å². The minimum Gasteiger partial charge on any atom is -0.318 e. The highest BCUT2D eigenvalue weighted by Crippen LogP contribution is 2.23. The van der Waals surface area contributed by atoms with Gasteiger partial charge < -0.3 is 4.57 Å². The number of carbonyl (C=O) groups excluding carboxylic acids is 1. The van der Waals surface area contributed by atoms with Crippen molar-refractivity contribution in [1.29, 1.82) is 0 Å². The summed E-state index contributed by atoms with van der Waals surface area (Å²) in [7, 11) is -3.21. The number of ketones is 1. The van der Waals surface area contributed by atoms with E-state index in [1.165, 1.54) is 19.1 Å². The SMILES string of the molecule is Cc1cc(C(=O)CN2CCCC2)c(C)n1-c1ccc(S(C)(=O)=O)cc1. The van der Waals surface area contributed by atoms with Crippen LogP contribution in [0.2, 0.25) is 0 Å². The lowest BCUT2D eigenvalue weighted by Crippen LogP contribution is -2.27. The van der Waals surface area contributed by atoms with Crippen molar-refractivity contribution in [2.75, 3.05) is 25.9 Å². The molecule has 0 bridgehead atoms. The van der Waals surface area contributed by atoms with Crippen LogP contribution in [-0.2, 0) is 9.84 Å². The molecule has 2 aromatic rings. The molecule has 1 fully saturated rings. The van der Waals surface area contributed by atoms with Gasteiger partial charge in [-0.3, -0.25) is 9.69 Å². The molecule has 0 aliphatic carbocycles. The van der Waals surface area contributed by atoms with Crippen LogP contribution in [0, 0.1) is 13.8 Å². The van der Waals surface area contributed by atoms with Crippen LogP contribution in [0.25, 0.3) is 5.69 Å². The largest absolute Gasteiger partial charge is 0.318 e. The van der Waals surface area contributed by atoms with E-state index >= 15 is 0 Å². The molecule has 134 valence electrons. The number of benzene rings is 1. The summed E-state index contributed by atoms with van der Waals surface area (Å²) in [6.07, 6.45) is 3.53. The van der Waals surface area contributed by atoms with E-state index in [4.69, 9.17) is 0 Å². The summed E-state index contributed by atoms with van der Waals surface area (Å²) in [5.74, 6) is 0.147. The van der Waals surface area contributed by atoms with Crippen LogP contribution in [0.4, 0.5) is 0 Å². The summed E-state index contributed by atoms with van der Waals surface area (Å²) in [6.45, 7) is 6.37. The average molecular weight is 360 g/mol. The molecule has 1 aromatic carbocycles. The van der Waals surface area contributed by atoms with Crippen molar-refractivity contribution in [3.8, 4) is 5.69 Å². The van der Waals surface area contributed by atoms with E-state index in [0.29, 0.717) is 11.4 Å². The van der Waals surface area contributed by atoms with E-state index < -0.39 is 9.84 Å². The van der Waals surface area contributed by atoms with Crippen molar-refractivity contribution < 1.29 is 13.2 Å². The second-order valence-electron chi connectivity index (χ2n) is 6.79. The number of likely N-dealkylation sites (tertiary alicyclic amines) is 1. The third-order valence-electron chi connectivity index (χ3n) is 4.82. The van der Waals surface area contributed by atoms with Gasteiger partial charge in [-0.15, -0.1) is 0 Å². The van der Waals surface area contributed by atoms with Crippen molar-refractivity contribution >= 4 is 15.6 Å². The van der Waals surface area contributed by atoms with Gasteiger partial charge in [-0.05, 0) is 70.1 Å². The van der Waals surface area contributed by atoms with Crippen molar-refractivity contribution in [3.05, 3.63) is 47.3 Å². The second-order valence-corrected chi connectivity index (χ2v) is 8.81. The highest BCUT2D eigenvalue weighted by Gasteiger charge is 2.21. The molecule has 0 spiro atoms. The van der Waals surface area contributed by atoms with Gasteiger partial charge in [0, 0.05) is 28.9 Å². The Labute approximate surface area is 149 Å². The molecule has 0 radical (unpaired) electrons. The van der Waals surface area contributed by atoms with Crippen molar-refractivity contribution in [2.24, 2.45) is 0 Å². The first-order valence-corrected chi connectivity index (χ1v) is 10.4. The first kappa shape index (κ1) is 17.9. The predicted molar refractivity (Wildman–Crippen MR) is 98.4 cm³/mol. The van der Waals surface area contributed by atoms with E-state index in [9.17, 15) is 13.2 Å². The minimum atomic E-state index is -3.21. The lowest BCUT2D eigenvalue weighted by Gasteiger charge is -2.14. The molecular weight excluding hydrogens is 336 g/mol. The van der Waals surface area contributed by atoms with E-state index in [1.54, 1.807) is 24.3 Å². The van der Waals surface area contributed by atoms with E-state index in [1.807, 2.05) is 24.5 Å². The topological polar surface area (TPSA) is 59.4 Å². The maximum Gasteiger partial charge on any atom is 0.178 e. The maximum atomic E-state index is 12.7. The Morgan fingerprint density at radius 1 is 1.08 bits per heavy atom. The highest BCUT2D eigenvalue weighted by atomic mass is 32.2. The second kappa shape index (κ2) is 6.77. The number of nitrogens with zero attached hydrogens (tertiary/aromatic N) is 2. The number of aromatic nitrogens is 1. The van der Waals surface area contributed by atoms with Crippen LogP contribution in [0.1, 0.15) is 34.6 Å². The molecule has 0 atom stereocenters. The van der Waals surface area contributed by atoms with Gasteiger partial charge in [0.2, 0.25) is 0 Å². The number of hydrogen-bond acceptors (Lipinski definition) is 4. The van der Waals surface area contributed by atoms with Gasteiger partial charge in [0.15, 0.2) is 15.6 Å². The zero-order valence-electron chi connectivity index (χ0n) is 14.9. The van der Waals surface area contributed by atoms with Gasteiger partial charge in [-0.25, -0.2) is 8.42 Å². The van der Waals surface area contributed by atoms with Gasteiger partial charge in [-0.2, -0.15) is 0 Å². The van der Waals surface area contributed by atoms with Gasteiger partial charge in [0.25, 0.3) is 0 Å². The van der Waals surface area contributed by atoms with Gasteiger partial charge in [-0.1, -0.05) is 0 Å². The highest BCUT2D eigenvalue weighted by molar-refractivity contribution is 7.90. The Balaban J connectivity index is 1.90. The van der Waals surface area contributed by atoms with E-state index in [-0.39, 0.29) is 5.78 Å². The molecule has 5 nitrogen and oxygen atoms in total. The fraction of sp³-hybridized carbons (Fsp3) is 0.421. The summed E-state index contributed by atoms with van der Waals surface area (Å²) < 4.78 is 25.2. The monoisotopic (exact) mass is 360 g/mol. The molecule has 1 aromatic heterocycles. The van der Waals surface area contributed by atoms with Gasteiger partial charge in [0.1, 0.15) is 0 Å². The molecule has 0 amide bonds. The van der Waals surface area contributed by atoms with E-state index in [2.05, 4.69) is 4.90 Å². The summed E-state index contributed by atoms with van der Waals surface area (Å²) >= 11 is 0. The Morgan fingerprint density at radius 3 is 2.24 bits per heavy atom. The summed E-state index contributed by atoms with van der Waals surface area (Å²) in [5.41, 5.74) is 3.47. The quantitative estimate of drug-likeness (QED) is 0.770. The minimum absolute atomic E-state index is 0.147. The summed E-state index contributed by atoms with van der Waals surface area (Å²) in [6, 6.07) is 8.71.